The summed E-state index contributed by atoms with van der Waals surface area (Å²) in [6.07, 6.45) is 59.9. The van der Waals surface area contributed by atoms with Crippen LogP contribution in [0.2, 0.25) is 0 Å². The van der Waals surface area contributed by atoms with Gasteiger partial charge in [0.25, 0.3) is 0 Å². The first kappa shape index (κ1) is 63.7. The molecule has 0 radical (unpaired) electrons. The number of likely N-dealkylation sites (N-methyl/N-ethyl adjacent to an activating group) is 1. The summed E-state index contributed by atoms with van der Waals surface area (Å²) in [6, 6.07) is 0. The fourth-order valence-electron chi connectivity index (χ4n) is 7.40. The van der Waals surface area contributed by atoms with Crippen molar-refractivity contribution >= 4 is 19.8 Å². The smallest absolute Gasteiger partial charge is 0.462 e. The first-order valence-electron chi connectivity index (χ1n) is 27.0. The molecule has 0 aliphatic rings. The third-order valence-electron chi connectivity index (χ3n) is 11.6. The van der Waals surface area contributed by atoms with Crippen LogP contribution in [0, 0.1) is 0 Å². The Bertz CT molecular complexity index is 1300. The number of rotatable bonds is 49. The Morgan fingerprint density at radius 3 is 1.29 bits per heavy atom. The van der Waals surface area contributed by atoms with E-state index in [0.29, 0.717) is 17.4 Å². The highest BCUT2D eigenvalue weighted by Crippen LogP contribution is 2.43. The van der Waals surface area contributed by atoms with Crippen LogP contribution in [0.15, 0.2) is 60.8 Å². The topological polar surface area (TPSA) is 108 Å². The van der Waals surface area contributed by atoms with Gasteiger partial charge in [0.2, 0.25) is 0 Å². The third-order valence-corrected chi connectivity index (χ3v) is 12.5. The Hall–Kier alpha value is -2.29. The number of esters is 2. The lowest BCUT2D eigenvalue weighted by Gasteiger charge is -2.24. The molecule has 0 bridgehead atoms. The van der Waals surface area contributed by atoms with Gasteiger partial charge in [-0.2, -0.15) is 0 Å². The van der Waals surface area contributed by atoms with Crippen molar-refractivity contribution < 1.29 is 42.1 Å². The van der Waals surface area contributed by atoms with Crippen LogP contribution in [0.4, 0.5) is 0 Å². The van der Waals surface area contributed by atoms with E-state index < -0.39 is 26.5 Å². The van der Waals surface area contributed by atoms with E-state index in [-0.39, 0.29) is 32.0 Å². The van der Waals surface area contributed by atoms with E-state index in [1.165, 1.54) is 122 Å². The van der Waals surface area contributed by atoms with Gasteiger partial charge in [-0.1, -0.05) is 222 Å². The van der Waals surface area contributed by atoms with Gasteiger partial charge in [0.05, 0.1) is 27.7 Å². The van der Waals surface area contributed by atoms with E-state index in [1.807, 2.05) is 21.1 Å². The van der Waals surface area contributed by atoms with Gasteiger partial charge >= 0.3 is 19.8 Å². The molecule has 0 rings (SSSR count). The SMILES string of the molecule is CC/C=C\C/C=C\C/C=C\C/C=C\C/C=C\CCCCCCCCCCCC(=O)OC(COC(=O)CCCCCCCCCCCCCCCCCCC)COP(=O)(O)OCC[N+](C)(C)C. The third kappa shape index (κ3) is 51.1. The normalized spacial score (nSPS) is 13.8. The second-order valence-corrected chi connectivity index (χ2v) is 20.7. The van der Waals surface area contributed by atoms with Crippen LogP contribution in [0.5, 0.6) is 0 Å². The zero-order valence-corrected chi connectivity index (χ0v) is 44.3. The van der Waals surface area contributed by atoms with Gasteiger partial charge in [0.15, 0.2) is 6.10 Å². The first-order chi connectivity index (χ1) is 32.0. The maximum atomic E-state index is 12.8. The van der Waals surface area contributed by atoms with E-state index in [9.17, 15) is 19.0 Å². The molecule has 0 aliphatic carbocycles. The van der Waals surface area contributed by atoms with Gasteiger partial charge < -0.3 is 18.9 Å². The molecule has 2 unspecified atom stereocenters. The zero-order valence-electron chi connectivity index (χ0n) is 43.4. The summed E-state index contributed by atoms with van der Waals surface area (Å²) in [5.74, 6) is -0.798. The predicted octanol–water partition coefficient (Wildman–Crippen LogP) is 16.4. The molecule has 66 heavy (non-hydrogen) atoms. The highest BCUT2D eigenvalue weighted by atomic mass is 31.2. The Kier molecular flexibility index (Phi) is 46.1. The second-order valence-electron chi connectivity index (χ2n) is 19.2. The Labute approximate surface area is 406 Å². The summed E-state index contributed by atoms with van der Waals surface area (Å²) in [7, 11) is 1.47. The number of carbonyl (C=O) groups excluding carboxylic acids is 2. The number of hydrogen-bond acceptors (Lipinski definition) is 7. The lowest BCUT2D eigenvalue weighted by atomic mass is 10.0. The van der Waals surface area contributed by atoms with Gasteiger partial charge in [-0.3, -0.25) is 18.6 Å². The highest BCUT2D eigenvalue weighted by Gasteiger charge is 2.27. The molecule has 10 heteroatoms. The predicted molar refractivity (Wildman–Crippen MR) is 279 cm³/mol. The molecule has 9 nitrogen and oxygen atoms in total. The molecule has 0 aromatic rings. The Morgan fingerprint density at radius 1 is 0.485 bits per heavy atom. The zero-order chi connectivity index (χ0) is 48.5. The van der Waals surface area contributed by atoms with Crippen LogP contribution in [-0.4, -0.2) is 74.9 Å². The molecular formula is C56H103NO8P+. The van der Waals surface area contributed by atoms with Crippen molar-refractivity contribution in [1.82, 2.24) is 0 Å². The molecule has 0 aromatic heterocycles. The van der Waals surface area contributed by atoms with Crippen molar-refractivity contribution in [2.24, 2.45) is 0 Å². The van der Waals surface area contributed by atoms with E-state index in [1.54, 1.807) is 0 Å². The molecule has 384 valence electrons. The lowest BCUT2D eigenvalue weighted by molar-refractivity contribution is -0.870. The molecule has 0 saturated heterocycles. The minimum atomic E-state index is -4.38. The maximum absolute atomic E-state index is 12.8. The average molecular weight is 949 g/mol. The van der Waals surface area contributed by atoms with Crippen LogP contribution in [0.1, 0.15) is 232 Å². The molecule has 1 N–H and O–H groups in total. The van der Waals surface area contributed by atoms with Crippen LogP contribution in [-0.2, 0) is 32.7 Å². The summed E-state index contributed by atoms with van der Waals surface area (Å²) in [4.78, 5) is 35.6. The van der Waals surface area contributed by atoms with Crippen LogP contribution in [0.3, 0.4) is 0 Å². The molecule has 0 saturated carbocycles. The number of allylic oxidation sites excluding steroid dienone is 10. The van der Waals surface area contributed by atoms with Gasteiger partial charge in [-0.25, -0.2) is 4.57 Å². The largest absolute Gasteiger partial charge is 0.472 e. The fraction of sp³-hybridized carbons (Fsp3) is 0.786. The van der Waals surface area contributed by atoms with Crippen molar-refractivity contribution in [2.75, 3.05) is 47.5 Å². The number of phosphoric acid groups is 1. The number of quaternary nitrogens is 1. The van der Waals surface area contributed by atoms with E-state index >= 15 is 0 Å². The van der Waals surface area contributed by atoms with Crippen molar-refractivity contribution in [3.63, 3.8) is 0 Å². The van der Waals surface area contributed by atoms with Crippen LogP contribution in [0.25, 0.3) is 0 Å². The molecular weight excluding hydrogens is 846 g/mol. The minimum Gasteiger partial charge on any atom is -0.462 e. The average Bonchev–Trinajstić information content (AvgIpc) is 3.27. The summed E-state index contributed by atoms with van der Waals surface area (Å²) in [6.45, 7) is 4.33. The number of nitrogens with zero attached hydrogens (tertiary/aromatic N) is 1. The molecule has 0 spiro atoms. The number of unbranched alkanes of at least 4 members (excludes halogenated alkanes) is 25. The summed E-state index contributed by atoms with van der Waals surface area (Å²) in [5, 5.41) is 0. The molecule has 0 aliphatic heterocycles. The van der Waals surface area contributed by atoms with E-state index in [4.69, 9.17) is 18.5 Å². The van der Waals surface area contributed by atoms with Crippen molar-refractivity contribution in [2.45, 2.75) is 238 Å². The maximum Gasteiger partial charge on any atom is 0.472 e. The van der Waals surface area contributed by atoms with Crippen molar-refractivity contribution in [1.29, 1.82) is 0 Å². The Morgan fingerprint density at radius 2 is 0.864 bits per heavy atom. The number of carbonyl (C=O) groups is 2. The fourth-order valence-corrected chi connectivity index (χ4v) is 8.14. The lowest BCUT2D eigenvalue weighted by Crippen LogP contribution is -2.37. The molecule has 0 amide bonds. The first-order valence-corrected chi connectivity index (χ1v) is 28.5. The van der Waals surface area contributed by atoms with Crippen LogP contribution < -0.4 is 0 Å². The highest BCUT2D eigenvalue weighted by molar-refractivity contribution is 7.47. The number of ether oxygens (including phenoxy) is 2. The van der Waals surface area contributed by atoms with E-state index in [0.717, 1.165) is 77.0 Å². The van der Waals surface area contributed by atoms with Crippen LogP contribution >= 0.6 is 7.82 Å². The molecule has 0 fully saturated rings. The van der Waals surface area contributed by atoms with Gasteiger partial charge in [-0.15, -0.1) is 0 Å². The van der Waals surface area contributed by atoms with Gasteiger partial charge in [0.1, 0.15) is 19.8 Å². The minimum absolute atomic E-state index is 0.0296. The van der Waals surface area contributed by atoms with Crippen molar-refractivity contribution in [3.8, 4) is 0 Å². The monoisotopic (exact) mass is 949 g/mol. The quantitative estimate of drug-likeness (QED) is 0.0211. The summed E-state index contributed by atoms with van der Waals surface area (Å²) in [5.41, 5.74) is 0. The van der Waals surface area contributed by atoms with Gasteiger partial charge in [0, 0.05) is 12.8 Å². The van der Waals surface area contributed by atoms with Gasteiger partial charge in [-0.05, 0) is 57.8 Å². The number of hydrogen-bond donors (Lipinski definition) is 1. The summed E-state index contributed by atoms with van der Waals surface area (Å²) >= 11 is 0. The molecule has 2 atom stereocenters. The second kappa shape index (κ2) is 47.8. The molecule has 0 aromatic carbocycles. The standard InChI is InChI=1S/C56H102NO8P/c1-6-8-10-12-14-16-18-20-22-24-25-26-27-28-29-30-31-33-35-37-39-41-43-45-47-49-56(59)65-54(53-64-66(60,61)63-51-50-57(3,4)5)52-62-55(58)48-46-44-42-40-38-36-34-32-23-21-19-17-15-13-11-9-7-2/h8,10,14,16,20,22,25-26,28-29,54H,6-7,9,11-13,15,17-19,21,23-24,27,30-53H2,1-5H3/p+1/b10-8-,16-14-,22-20-,26-25-,29-28-. The Balaban J connectivity index is 4.22. The van der Waals surface area contributed by atoms with E-state index in [2.05, 4.69) is 74.6 Å². The number of phosphoric ester groups is 1. The van der Waals surface area contributed by atoms with Crippen molar-refractivity contribution in [3.05, 3.63) is 60.8 Å². The summed E-state index contributed by atoms with van der Waals surface area (Å²) < 4.78 is 34.5. The molecule has 0 heterocycles.